The summed E-state index contributed by atoms with van der Waals surface area (Å²) in [6.07, 6.45) is -0.289. The third-order valence-electron chi connectivity index (χ3n) is 3.64. The Morgan fingerprint density at radius 3 is 2.21 bits per heavy atom. The van der Waals surface area contributed by atoms with Crippen LogP contribution in [0.5, 0.6) is 0 Å². The van der Waals surface area contributed by atoms with Crippen LogP contribution in [0.1, 0.15) is 20.8 Å². The van der Waals surface area contributed by atoms with Gasteiger partial charge in [0.25, 0.3) is 0 Å². The Morgan fingerprint density at radius 2 is 1.71 bits per heavy atom. The van der Waals surface area contributed by atoms with Crippen molar-refractivity contribution in [2.75, 3.05) is 13.2 Å². The van der Waals surface area contributed by atoms with Crippen molar-refractivity contribution in [3.05, 3.63) is 0 Å². The Hall–Kier alpha value is -0.190. The van der Waals surface area contributed by atoms with Gasteiger partial charge in [-0.1, -0.05) is 20.8 Å². The second-order valence-electron chi connectivity index (χ2n) is 4.31. The second-order valence-corrected chi connectivity index (χ2v) is 4.31. The normalized spacial score (nSPS) is 43.9. The van der Waals surface area contributed by atoms with Crippen LogP contribution in [-0.2, 0) is 4.74 Å². The van der Waals surface area contributed by atoms with Gasteiger partial charge in [-0.25, -0.2) is 0 Å². The van der Waals surface area contributed by atoms with Gasteiger partial charge in [0.1, 0.15) is 0 Å². The van der Waals surface area contributed by atoms with Crippen LogP contribution in [0, 0.1) is 17.8 Å². The van der Waals surface area contributed by atoms with E-state index >= 15 is 0 Å². The largest absolute Gasteiger partial charge is 0.394 e. The first-order valence-electron chi connectivity index (χ1n) is 5.21. The van der Waals surface area contributed by atoms with Gasteiger partial charge in [-0.15, -0.1) is 4.48 Å². The molecule has 0 aromatic heterocycles. The summed E-state index contributed by atoms with van der Waals surface area (Å²) < 4.78 is 17.6. The minimum Gasteiger partial charge on any atom is -0.394 e. The number of hydrogen-bond donors (Lipinski definition) is 2. The molecule has 0 aromatic rings. The molecule has 1 rings (SSSR count). The van der Waals surface area contributed by atoms with Gasteiger partial charge in [0, 0.05) is 0 Å². The molecule has 1 saturated heterocycles. The summed E-state index contributed by atoms with van der Waals surface area (Å²) in [7, 11) is 0. The van der Waals surface area contributed by atoms with E-state index in [4.69, 9.17) is 9.84 Å². The topological polar surface area (TPSA) is 41.5 Å². The third-order valence-corrected chi connectivity index (χ3v) is 3.64. The van der Waals surface area contributed by atoms with Crippen LogP contribution in [0.3, 0.4) is 0 Å². The Kier molecular flexibility index (Phi) is 4.29. The van der Waals surface area contributed by atoms with Crippen molar-refractivity contribution < 1.29 is 14.3 Å². The summed E-state index contributed by atoms with van der Waals surface area (Å²) in [4.78, 5) is 0. The molecule has 0 unspecified atom stereocenters. The van der Waals surface area contributed by atoms with Crippen LogP contribution in [0.15, 0.2) is 0 Å². The van der Waals surface area contributed by atoms with Crippen LogP contribution in [-0.4, -0.2) is 30.5 Å². The van der Waals surface area contributed by atoms with E-state index in [0.29, 0.717) is 17.8 Å². The number of rotatable bonds is 3. The monoisotopic (exact) mass is 205 g/mol. The molecule has 0 bridgehead atoms. The molecule has 1 aliphatic rings. The molecule has 1 fully saturated rings. The minimum absolute atomic E-state index is 0.0149. The maximum Gasteiger partial charge on any atom is 0.0838 e. The fourth-order valence-corrected chi connectivity index (χ4v) is 2.15. The van der Waals surface area contributed by atoms with Gasteiger partial charge in [0.15, 0.2) is 0 Å². The lowest BCUT2D eigenvalue weighted by atomic mass is 9.76. The van der Waals surface area contributed by atoms with E-state index in [-0.39, 0.29) is 25.4 Å². The maximum absolute atomic E-state index is 12.0. The van der Waals surface area contributed by atoms with Crippen molar-refractivity contribution in [3.8, 4) is 0 Å². The van der Waals surface area contributed by atoms with Gasteiger partial charge in [0.05, 0.1) is 25.4 Å². The Labute approximate surface area is 84.6 Å². The lowest BCUT2D eigenvalue weighted by Gasteiger charge is -2.43. The van der Waals surface area contributed by atoms with Crippen molar-refractivity contribution >= 4 is 0 Å². The summed E-state index contributed by atoms with van der Waals surface area (Å²) in [5, 5.41) is 9.11. The number of ether oxygens (including phenoxy) is 1. The highest BCUT2D eigenvalue weighted by molar-refractivity contribution is 4.86. The first kappa shape index (κ1) is 11.9. The summed E-state index contributed by atoms with van der Waals surface area (Å²) in [5.74, 6) is 1.08. The van der Waals surface area contributed by atoms with Crippen LogP contribution in [0.2, 0.25) is 0 Å². The van der Waals surface area contributed by atoms with Crippen LogP contribution >= 0.6 is 0 Å². The summed E-state index contributed by atoms with van der Waals surface area (Å²) in [6.45, 7) is 6.49. The standard InChI is InChI=1S/C10H20FNO2/c1-6-7(2)9(4-12-11)14-10(5-13)8(6)3/h6-10,12-13H,4-5H2,1-3H3/t6-,7-,8-,9+,10-/m1/s1. The molecule has 1 heterocycles. The molecule has 0 aliphatic carbocycles. The fourth-order valence-electron chi connectivity index (χ4n) is 2.15. The minimum atomic E-state index is -0.153. The smallest absolute Gasteiger partial charge is 0.0838 e. The van der Waals surface area contributed by atoms with E-state index in [1.54, 1.807) is 5.54 Å². The number of nitrogens with one attached hydrogen (secondary N) is 1. The number of hydrogen-bond acceptors (Lipinski definition) is 3. The molecule has 3 nitrogen and oxygen atoms in total. The zero-order valence-corrected chi connectivity index (χ0v) is 9.03. The van der Waals surface area contributed by atoms with E-state index in [0.717, 1.165) is 0 Å². The molecule has 0 spiro atoms. The van der Waals surface area contributed by atoms with Gasteiger partial charge < -0.3 is 9.84 Å². The highest BCUT2D eigenvalue weighted by Crippen LogP contribution is 2.34. The van der Waals surface area contributed by atoms with Crippen molar-refractivity contribution in [2.24, 2.45) is 17.8 Å². The molecule has 2 N–H and O–H groups in total. The van der Waals surface area contributed by atoms with Crippen molar-refractivity contribution in [2.45, 2.75) is 33.0 Å². The lowest BCUT2D eigenvalue weighted by molar-refractivity contribution is -0.148. The zero-order chi connectivity index (χ0) is 10.7. The fraction of sp³-hybridized carbons (Fsp3) is 1.00. The van der Waals surface area contributed by atoms with E-state index in [9.17, 15) is 4.48 Å². The maximum atomic E-state index is 12.0. The van der Waals surface area contributed by atoms with E-state index in [2.05, 4.69) is 20.8 Å². The van der Waals surface area contributed by atoms with Crippen LogP contribution < -0.4 is 5.54 Å². The van der Waals surface area contributed by atoms with Crippen LogP contribution in [0.4, 0.5) is 4.48 Å². The number of aliphatic hydroxyl groups is 1. The summed E-state index contributed by atoms with van der Waals surface area (Å²) >= 11 is 0. The van der Waals surface area contributed by atoms with E-state index in [1.807, 2.05) is 0 Å². The SMILES string of the molecule is C[C@@H]1[C@@H](C)[C@H](CNF)O[C@H](CO)[C@@H]1C. The van der Waals surface area contributed by atoms with Gasteiger partial charge in [-0.05, 0) is 17.8 Å². The molecule has 14 heavy (non-hydrogen) atoms. The molecule has 4 heteroatoms. The predicted octanol–water partition coefficient (Wildman–Crippen LogP) is 1.13. The van der Waals surface area contributed by atoms with E-state index < -0.39 is 0 Å². The van der Waals surface area contributed by atoms with Gasteiger partial charge in [-0.2, -0.15) is 5.54 Å². The van der Waals surface area contributed by atoms with Crippen molar-refractivity contribution in [1.29, 1.82) is 0 Å². The molecule has 0 amide bonds. The number of aliphatic hydroxyl groups excluding tert-OH is 1. The highest BCUT2D eigenvalue weighted by atomic mass is 19.2. The first-order valence-corrected chi connectivity index (χ1v) is 5.21. The molecule has 84 valence electrons. The lowest BCUT2D eigenvalue weighted by Crippen LogP contribution is -2.49. The van der Waals surface area contributed by atoms with Crippen molar-refractivity contribution in [3.63, 3.8) is 0 Å². The number of halogens is 1. The van der Waals surface area contributed by atoms with Gasteiger partial charge in [0.2, 0.25) is 0 Å². The average molecular weight is 205 g/mol. The zero-order valence-electron chi connectivity index (χ0n) is 9.03. The average Bonchev–Trinajstić information content (AvgIpc) is 2.19. The van der Waals surface area contributed by atoms with E-state index in [1.165, 1.54) is 0 Å². The molecular formula is C10H20FNO2. The van der Waals surface area contributed by atoms with Crippen molar-refractivity contribution in [1.82, 2.24) is 5.54 Å². The first-order chi connectivity index (χ1) is 6.61. The Bertz CT molecular complexity index is 176. The molecule has 1 aliphatic heterocycles. The third kappa shape index (κ3) is 2.24. The predicted molar refractivity (Wildman–Crippen MR) is 52.3 cm³/mol. The second kappa shape index (κ2) is 5.05. The molecule has 0 saturated carbocycles. The van der Waals surface area contributed by atoms with Gasteiger partial charge in [-0.3, -0.25) is 0 Å². The molecule has 5 atom stereocenters. The van der Waals surface area contributed by atoms with Gasteiger partial charge >= 0.3 is 0 Å². The Balaban J connectivity index is 2.63. The molecule has 0 aromatic carbocycles. The molecule has 0 radical (unpaired) electrons. The molecular weight excluding hydrogens is 185 g/mol. The quantitative estimate of drug-likeness (QED) is 0.679. The van der Waals surface area contributed by atoms with Crippen LogP contribution in [0.25, 0.3) is 0 Å². The highest BCUT2D eigenvalue weighted by Gasteiger charge is 2.38. The summed E-state index contributed by atoms with van der Waals surface area (Å²) in [6, 6.07) is 0. The Morgan fingerprint density at radius 1 is 1.14 bits per heavy atom. The summed E-state index contributed by atoms with van der Waals surface area (Å²) in [5.41, 5.74) is 1.64.